The van der Waals surface area contributed by atoms with Gasteiger partial charge in [0.15, 0.2) is 5.75 Å². The van der Waals surface area contributed by atoms with Crippen LogP contribution in [-0.2, 0) is 6.61 Å². The molecule has 0 aliphatic carbocycles. The van der Waals surface area contributed by atoms with Gasteiger partial charge in [0.05, 0.1) is 22.9 Å². The number of benzene rings is 1. The van der Waals surface area contributed by atoms with Gasteiger partial charge in [-0.25, -0.2) is 0 Å². The van der Waals surface area contributed by atoms with Crippen molar-refractivity contribution in [1.29, 1.82) is 0 Å². The van der Waals surface area contributed by atoms with Crippen LogP contribution in [0.5, 0.6) is 5.75 Å². The Labute approximate surface area is 124 Å². The van der Waals surface area contributed by atoms with Gasteiger partial charge in [-0.05, 0) is 26.0 Å². The van der Waals surface area contributed by atoms with Gasteiger partial charge in [0.25, 0.3) is 5.69 Å². The average molecular weight is 340 g/mol. The summed E-state index contributed by atoms with van der Waals surface area (Å²) in [5.74, 6) is 0.593. The molecule has 0 radical (unpaired) electrons. The van der Waals surface area contributed by atoms with Gasteiger partial charge in [-0.15, -0.1) is 0 Å². The molecule has 0 saturated heterocycles. The monoisotopic (exact) mass is 339 g/mol. The van der Waals surface area contributed by atoms with Crippen LogP contribution in [0.1, 0.15) is 25.5 Å². The number of nitro benzene ring substituents is 1. The fraction of sp³-hybridized carbons (Fsp3) is 0.308. The molecule has 0 amide bonds. The van der Waals surface area contributed by atoms with E-state index >= 15 is 0 Å². The molecule has 0 bridgehead atoms. The van der Waals surface area contributed by atoms with E-state index in [9.17, 15) is 10.1 Å². The van der Waals surface area contributed by atoms with Gasteiger partial charge in [-0.3, -0.25) is 14.8 Å². The zero-order chi connectivity index (χ0) is 14.7. The maximum atomic E-state index is 11.0. The number of aromatic nitrogens is 2. The molecular formula is C13H14BrN3O3. The Kier molecular flexibility index (Phi) is 4.39. The number of rotatable bonds is 5. The third kappa shape index (κ3) is 3.36. The van der Waals surface area contributed by atoms with Gasteiger partial charge < -0.3 is 4.74 Å². The Bertz CT molecular complexity index is 625. The van der Waals surface area contributed by atoms with Crippen molar-refractivity contribution in [2.45, 2.75) is 26.5 Å². The summed E-state index contributed by atoms with van der Waals surface area (Å²) in [5, 5.41) is 15.1. The van der Waals surface area contributed by atoms with Crippen molar-refractivity contribution in [1.82, 2.24) is 9.78 Å². The second-order valence-electron chi connectivity index (χ2n) is 4.57. The lowest BCUT2D eigenvalue weighted by atomic mass is 10.2. The molecule has 0 atom stereocenters. The van der Waals surface area contributed by atoms with Crippen molar-refractivity contribution >= 4 is 21.6 Å². The minimum atomic E-state index is -0.416. The van der Waals surface area contributed by atoms with Crippen molar-refractivity contribution < 1.29 is 9.66 Å². The summed E-state index contributed by atoms with van der Waals surface area (Å²) in [4.78, 5) is 10.6. The van der Waals surface area contributed by atoms with Crippen LogP contribution in [0.25, 0.3) is 0 Å². The van der Waals surface area contributed by atoms with E-state index in [-0.39, 0.29) is 18.3 Å². The van der Waals surface area contributed by atoms with Crippen molar-refractivity contribution in [2.24, 2.45) is 0 Å². The molecule has 20 heavy (non-hydrogen) atoms. The van der Waals surface area contributed by atoms with Gasteiger partial charge in [0.2, 0.25) is 0 Å². The summed E-state index contributed by atoms with van der Waals surface area (Å²) in [6, 6.07) is 5.14. The van der Waals surface area contributed by atoms with E-state index in [1.165, 1.54) is 6.07 Å². The van der Waals surface area contributed by atoms with E-state index in [1.54, 1.807) is 29.2 Å². The van der Waals surface area contributed by atoms with E-state index in [2.05, 4.69) is 21.0 Å². The molecule has 7 heteroatoms. The summed E-state index contributed by atoms with van der Waals surface area (Å²) >= 11 is 3.22. The SMILES string of the molecule is CC(C)n1cc(OCc2ccc(Br)cc2[N+](=O)[O-])cn1. The first-order chi connectivity index (χ1) is 9.47. The smallest absolute Gasteiger partial charge is 0.277 e. The van der Waals surface area contributed by atoms with Crippen LogP contribution in [0.2, 0.25) is 0 Å². The lowest BCUT2D eigenvalue weighted by molar-refractivity contribution is -0.385. The van der Waals surface area contributed by atoms with Crippen molar-refractivity contribution in [3.8, 4) is 5.75 Å². The molecule has 0 saturated carbocycles. The maximum absolute atomic E-state index is 11.0. The van der Waals surface area contributed by atoms with E-state index < -0.39 is 4.92 Å². The molecule has 0 fully saturated rings. The second-order valence-corrected chi connectivity index (χ2v) is 5.48. The summed E-state index contributed by atoms with van der Waals surface area (Å²) < 4.78 is 7.99. The molecule has 0 spiro atoms. The Morgan fingerprint density at radius 2 is 2.25 bits per heavy atom. The van der Waals surface area contributed by atoms with Crippen LogP contribution in [0, 0.1) is 10.1 Å². The van der Waals surface area contributed by atoms with Gasteiger partial charge in [0.1, 0.15) is 6.61 Å². The van der Waals surface area contributed by atoms with Crippen molar-refractivity contribution in [3.63, 3.8) is 0 Å². The second kappa shape index (κ2) is 6.04. The average Bonchev–Trinajstić information content (AvgIpc) is 2.86. The summed E-state index contributed by atoms with van der Waals surface area (Å²) in [5.41, 5.74) is 0.561. The third-order valence-corrected chi connectivity index (χ3v) is 3.24. The molecule has 0 aliphatic rings. The molecule has 1 aromatic heterocycles. The van der Waals surface area contributed by atoms with Gasteiger partial charge in [0, 0.05) is 16.6 Å². The fourth-order valence-corrected chi connectivity index (χ4v) is 2.02. The van der Waals surface area contributed by atoms with Crippen molar-refractivity contribution in [2.75, 3.05) is 0 Å². The minimum absolute atomic E-state index is 0.0376. The number of nitrogens with zero attached hydrogens (tertiary/aromatic N) is 3. The van der Waals surface area contributed by atoms with Crippen molar-refractivity contribution in [3.05, 3.63) is 50.7 Å². The number of ether oxygens (including phenoxy) is 1. The molecule has 0 N–H and O–H groups in total. The largest absolute Gasteiger partial charge is 0.485 e. The topological polar surface area (TPSA) is 70.2 Å². The number of hydrogen-bond acceptors (Lipinski definition) is 4. The highest BCUT2D eigenvalue weighted by Crippen LogP contribution is 2.25. The standard InChI is InChI=1S/C13H14BrN3O3/c1-9(2)16-7-12(6-15-16)20-8-10-3-4-11(14)5-13(10)17(18)19/h3-7,9H,8H2,1-2H3. The molecule has 0 aliphatic heterocycles. The highest BCUT2D eigenvalue weighted by Gasteiger charge is 2.15. The molecular weight excluding hydrogens is 326 g/mol. The fourth-order valence-electron chi connectivity index (χ4n) is 1.67. The Morgan fingerprint density at radius 1 is 1.50 bits per heavy atom. The first-order valence-electron chi connectivity index (χ1n) is 6.07. The first kappa shape index (κ1) is 14.5. The molecule has 0 unspecified atom stereocenters. The highest BCUT2D eigenvalue weighted by atomic mass is 79.9. The predicted molar refractivity (Wildman–Crippen MR) is 77.7 cm³/mol. The van der Waals surface area contributed by atoms with Crippen LogP contribution in [-0.4, -0.2) is 14.7 Å². The Hall–Kier alpha value is -1.89. The summed E-state index contributed by atoms with van der Waals surface area (Å²) in [6.07, 6.45) is 3.38. The van der Waals surface area contributed by atoms with E-state index in [4.69, 9.17) is 4.74 Å². The Balaban J connectivity index is 2.12. The first-order valence-corrected chi connectivity index (χ1v) is 6.86. The quantitative estimate of drug-likeness (QED) is 0.614. The normalized spacial score (nSPS) is 10.8. The minimum Gasteiger partial charge on any atom is -0.485 e. The third-order valence-electron chi connectivity index (χ3n) is 2.75. The lowest BCUT2D eigenvalue weighted by Gasteiger charge is -2.06. The van der Waals surface area contributed by atoms with E-state index in [1.807, 2.05) is 13.8 Å². The number of halogens is 1. The molecule has 106 valence electrons. The van der Waals surface area contributed by atoms with Crippen LogP contribution >= 0.6 is 15.9 Å². The van der Waals surface area contributed by atoms with Gasteiger partial charge >= 0.3 is 0 Å². The van der Waals surface area contributed by atoms with Crippen LogP contribution in [0.15, 0.2) is 35.1 Å². The predicted octanol–water partition coefficient (Wildman–Crippen LogP) is 3.71. The summed E-state index contributed by atoms with van der Waals surface area (Å²) in [7, 11) is 0. The molecule has 2 rings (SSSR count). The van der Waals surface area contributed by atoms with E-state index in [0.29, 0.717) is 15.8 Å². The van der Waals surface area contributed by atoms with E-state index in [0.717, 1.165) is 0 Å². The molecule has 1 heterocycles. The van der Waals surface area contributed by atoms with Gasteiger partial charge in [-0.1, -0.05) is 15.9 Å². The molecule has 1 aromatic carbocycles. The zero-order valence-electron chi connectivity index (χ0n) is 11.1. The lowest BCUT2D eigenvalue weighted by Crippen LogP contribution is -2.01. The van der Waals surface area contributed by atoms with Crippen LogP contribution in [0.4, 0.5) is 5.69 Å². The maximum Gasteiger partial charge on any atom is 0.277 e. The molecule has 6 nitrogen and oxygen atoms in total. The number of nitro groups is 1. The summed E-state index contributed by atoms with van der Waals surface area (Å²) in [6.45, 7) is 4.15. The van der Waals surface area contributed by atoms with Gasteiger partial charge in [-0.2, -0.15) is 5.10 Å². The number of hydrogen-bond donors (Lipinski definition) is 0. The van der Waals surface area contributed by atoms with Crippen LogP contribution in [0.3, 0.4) is 0 Å². The molecule has 2 aromatic rings. The zero-order valence-corrected chi connectivity index (χ0v) is 12.7. The Morgan fingerprint density at radius 3 is 2.85 bits per heavy atom. The van der Waals surface area contributed by atoms with Crippen LogP contribution < -0.4 is 4.74 Å². The highest BCUT2D eigenvalue weighted by molar-refractivity contribution is 9.10.